The van der Waals surface area contributed by atoms with E-state index >= 15 is 0 Å². The SMILES string of the molecule is O=[N+]([O-])c1ccc(Sc2nnc(-c3ccc(Cl)cc3)n2-c2ccccc2)nc1.O=[N+]([O-])c1cnc(Sc2nnc(-c3ccc(Cl)cc3)n2-c2ccccc2)c(Br)c1. The van der Waals surface area contributed by atoms with Crippen LogP contribution in [0.1, 0.15) is 0 Å². The van der Waals surface area contributed by atoms with Crippen molar-refractivity contribution in [3.8, 4) is 34.2 Å². The second-order valence-electron chi connectivity index (χ2n) is 11.5. The Morgan fingerprint density at radius 2 is 1.04 bits per heavy atom. The number of rotatable bonds is 10. The van der Waals surface area contributed by atoms with Gasteiger partial charge in [0.1, 0.15) is 22.4 Å². The molecule has 0 spiro atoms. The van der Waals surface area contributed by atoms with Gasteiger partial charge in [0.15, 0.2) is 11.6 Å². The fourth-order valence-electron chi connectivity index (χ4n) is 5.17. The van der Waals surface area contributed by atoms with Gasteiger partial charge in [-0.3, -0.25) is 29.4 Å². The second kappa shape index (κ2) is 17.9. The van der Waals surface area contributed by atoms with E-state index in [-0.39, 0.29) is 11.4 Å². The third kappa shape index (κ3) is 9.36. The van der Waals surface area contributed by atoms with Crippen molar-refractivity contribution < 1.29 is 9.85 Å². The van der Waals surface area contributed by atoms with Crippen molar-refractivity contribution in [3.63, 3.8) is 0 Å². The van der Waals surface area contributed by atoms with Crippen LogP contribution < -0.4 is 0 Å². The largest absolute Gasteiger partial charge is 0.288 e. The van der Waals surface area contributed by atoms with Crippen molar-refractivity contribution in [2.75, 3.05) is 0 Å². The quantitative estimate of drug-likeness (QED) is 0.0940. The molecule has 0 radical (unpaired) electrons. The molecule has 0 atom stereocenters. The van der Waals surface area contributed by atoms with Gasteiger partial charge in [-0.05, 0) is 118 Å². The third-order valence-electron chi connectivity index (χ3n) is 7.82. The minimum atomic E-state index is -0.489. The van der Waals surface area contributed by atoms with Crippen LogP contribution in [0, 0.1) is 20.2 Å². The minimum Gasteiger partial charge on any atom is -0.270 e. The molecule has 14 nitrogen and oxygen atoms in total. The Hall–Kier alpha value is -5.98. The van der Waals surface area contributed by atoms with E-state index in [1.807, 2.05) is 94.1 Å². The summed E-state index contributed by atoms with van der Waals surface area (Å²) in [5, 5.41) is 42.7. The van der Waals surface area contributed by atoms with E-state index in [9.17, 15) is 20.2 Å². The lowest BCUT2D eigenvalue weighted by Crippen LogP contribution is -2.00. The van der Waals surface area contributed by atoms with Gasteiger partial charge < -0.3 is 0 Å². The highest BCUT2D eigenvalue weighted by Gasteiger charge is 2.21. The predicted octanol–water partition coefficient (Wildman–Crippen LogP) is 10.8. The number of aromatic nitrogens is 8. The summed E-state index contributed by atoms with van der Waals surface area (Å²) in [5.41, 5.74) is 3.34. The number of hydrogen-bond acceptors (Lipinski definition) is 12. The van der Waals surface area contributed by atoms with Crippen LogP contribution in [0.2, 0.25) is 10.0 Å². The van der Waals surface area contributed by atoms with Crippen molar-refractivity contribution in [2.24, 2.45) is 0 Å². The molecule has 8 rings (SSSR count). The first-order chi connectivity index (χ1) is 27.6. The lowest BCUT2D eigenvalue weighted by atomic mass is 10.2. The Kier molecular flexibility index (Phi) is 12.3. The molecule has 4 aromatic heterocycles. The molecule has 0 N–H and O–H groups in total. The zero-order valence-corrected chi connectivity index (χ0v) is 33.6. The first-order valence-electron chi connectivity index (χ1n) is 16.4. The fourth-order valence-corrected chi connectivity index (χ4v) is 7.60. The normalized spacial score (nSPS) is 10.8. The van der Waals surface area contributed by atoms with E-state index in [2.05, 4.69) is 46.3 Å². The monoisotopic (exact) mass is 896 g/mol. The van der Waals surface area contributed by atoms with E-state index in [1.54, 1.807) is 30.3 Å². The summed E-state index contributed by atoms with van der Waals surface area (Å²) >= 11 is 17.9. The Morgan fingerprint density at radius 1 is 0.561 bits per heavy atom. The number of nitrogens with zero attached hydrogens (tertiary/aromatic N) is 10. The Balaban J connectivity index is 0.000000174. The summed E-state index contributed by atoms with van der Waals surface area (Å²) in [6, 6.07) is 38.5. The van der Waals surface area contributed by atoms with Gasteiger partial charge in [0.25, 0.3) is 11.4 Å². The molecule has 0 saturated heterocycles. The topological polar surface area (TPSA) is 173 Å². The van der Waals surface area contributed by atoms with Gasteiger partial charge in [0, 0.05) is 44.7 Å². The summed E-state index contributed by atoms with van der Waals surface area (Å²) in [5.74, 6) is 1.31. The van der Waals surface area contributed by atoms with Gasteiger partial charge in [-0.25, -0.2) is 9.97 Å². The van der Waals surface area contributed by atoms with Gasteiger partial charge in [-0.15, -0.1) is 20.4 Å². The number of halogens is 3. The van der Waals surface area contributed by atoms with Crippen LogP contribution in [0.5, 0.6) is 0 Å². The van der Waals surface area contributed by atoms with Gasteiger partial charge >= 0.3 is 0 Å². The molecule has 0 aliphatic carbocycles. The molecule has 19 heteroatoms. The van der Waals surface area contributed by atoms with Gasteiger partial charge in [0.2, 0.25) is 10.3 Å². The van der Waals surface area contributed by atoms with Crippen LogP contribution in [0.3, 0.4) is 0 Å². The van der Waals surface area contributed by atoms with Crippen molar-refractivity contribution in [1.29, 1.82) is 0 Å². The molecular formula is C38H23BrCl2N10O4S2. The van der Waals surface area contributed by atoms with Crippen LogP contribution in [-0.4, -0.2) is 49.3 Å². The lowest BCUT2D eigenvalue weighted by molar-refractivity contribution is -0.385. The Labute approximate surface area is 350 Å². The molecule has 57 heavy (non-hydrogen) atoms. The summed E-state index contributed by atoms with van der Waals surface area (Å²) in [6.07, 6.45) is 2.45. The predicted molar refractivity (Wildman–Crippen MR) is 221 cm³/mol. The molecule has 0 amide bonds. The maximum atomic E-state index is 10.9. The number of para-hydroxylation sites is 2. The molecule has 0 saturated carbocycles. The van der Waals surface area contributed by atoms with E-state index in [0.717, 1.165) is 22.5 Å². The third-order valence-corrected chi connectivity index (χ3v) is 11.1. The molecule has 282 valence electrons. The zero-order valence-electron chi connectivity index (χ0n) is 28.8. The summed E-state index contributed by atoms with van der Waals surface area (Å²) in [4.78, 5) is 29.1. The molecule has 8 aromatic rings. The molecule has 4 heterocycles. The maximum Gasteiger partial charge on any atom is 0.288 e. The summed E-state index contributed by atoms with van der Waals surface area (Å²) < 4.78 is 4.33. The molecule has 0 unspecified atom stereocenters. The number of hydrogen-bond donors (Lipinski definition) is 0. The Bertz CT molecular complexity index is 2670. The summed E-state index contributed by atoms with van der Waals surface area (Å²) in [7, 11) is 0. The molecular weight excluding hydrogens is 875 g/mol. The fraction of sp³-hybridized carbons (Fsp3) is 0. The van der Waals surface area contributed by atoms with Crippen molar-refractivity contribution in [2.45, 2.75) is 20.4 Å². The van der Waals surface area contributed by atoms with Crippen LogP contribution in [-0.2, 0) is 0 Å². The molecule has 4 aromatic carbocycles. The van der Waals surface area contributed by atoms with Crippen molar-refractivity contribution in [1.82, 2.24) is 39.5 Å². The minimum absolute atomic E-state index is 0.0595. The highest BCUT2D eigenvalue weighted by atomic mass is 79.9. The number of nitro groups is 2. The average molecular weight is 899 g/mol. The van der Waals surface area contributed by atoms with E-state index in [0.29, 0.717) is 46.5 Å². The first-order valence-corrected chi connectivity index (χ1v) is 19.6. The van der Waals surface area contributed by atoms with Crippen LogP contribution in [0.4, 0.5) is 11.4 Å². The first kappa shape index (κ1) is 39.3. The maximum absolute atomic E-state index is 10.9. The molecule has 0 aliphatic rings. The highest BCUT2D eigenvalue weighted by molar-refractivity contribution is 9.10. The van der Waals surface area contributed by atoms with E-state index in [1.165, 1.54) is 48.1 Å². The number of pyridine rings is 2. The van der Waals surface area contributed by atoms with Crippen LogP contribution >= 0.6 is 62.7 Å². The molecule has 0 bridgehead atoms. The standard InChI is InChI=1S/C19H11BrClN5O2S.C19H12ClN5O2S/c20-16-10-15(26(27)28)11-22-18(16)29-19-24-23-17(12-6-8-13(21)9-7-12)25(19)14-4-2-1-3-5-14;20-14-8-6-13(7-9-14)18-22-23-19(24(18)15-4-2-1-3-5-15)28-17-11-10-16(12-21-17)25(26)27/h1-11H;1-12H. The molecule has 0 fully saturated rings. The highest BCUT2D eigenvalue weighted by Crippen LogP contribution is 2.36. The second-order valence-corrected chi connectivity index (χ2v) is 15.2. The van der Waals surface area contributed by atoms with Gasteiger partial charge in [-0.2, -0.15) is 0 Å². The van der Waals surface area contributed by atoms with E-state index < -0.39 is 9.85 Å². The molecule has 0 aliphatic heterocycles. The number of benzene rings is 4. The average Bonchev–Trinajstić information content (AvgIpc) is 3.84. The van der Waals surface area contributed by atoms with Gasteiger partial charge in [-0.1, -0.05) is 59.6 Å². The van der Waals surface area contributed by atoms with Gasteiger partial charge in [0.05, 0.1) is 14.3 Å². The smallest absolute Gasteiger partial charge is 0.270 e. The van der Waals surface area contributed by atoms with Crippen LogP contribution in [0.25, 0.3) is 34.2 Å². The lowest BCUT2D eigenvalue weighted by Gasteiger charge is -2.10. The Morgan fingerprint density at radius 3 is 1.47 bits per heavy atom. The zero-order chi connectivity index (χ0) is 39.9. The van der Waals surface area contributed by atoms with E-state index in [4.69, 9.17) is 23.2 Å². The van der Waals surface area contributed by atoms with Crippen molar-refractivity contribution in [3.05, 3.63) is 175 Å². The summed E-state index contributed by atoms with van der Waals surface area (Å²) in [6.45, 7) is 0. The van der Waals surface area contributed by atoms with Crippen molar-refractivity contribution >= 4 is 74.0 Å². The van der Waals surface area contributed by atoms with Crippen LogP contribution in [0.15, 0.2) is 165 Å².